The topological polar surface area (TPSA) is 117 Å². The number of rotatable bonds is 12. The van der Waals surface area contributed by atoms with Crippen LogP contribution in [0.4, 0.5) is 0 Å². The van der Waals surface area contributed by atoms with Crippen LogP contribution in [0.2, 0.25) is 0 Å². The number of aromatic nitrogens is 4. The second-order valence-corrected chi connectivity index (χ2v) is 7.40. The van der Waals surface area contributed by atoms with Gasteiger partial charge in [-0.15, -0.1) is 10.2 Å². The van der Waals surface area contributed by atoms with Gasteiger partial charge in [-0.2, -0.15) is 0 Å². The summed E-state index contributed by atoms with van der Waals surface area (Å²) in [5, 5.41) is 11.3. The predicted octanol–water partition coefficient (Wildman–Crippen LogP) is 3.28. The Morgan fingerprint density at radius 2 is 1.91 bits per heavy atom. The molecule has 0 unspecified atom stereocenters. The Bertz CT molecular complexity index is 1090. The van der Waals surface area contributed by atoms with Crippen molar-refractivity contribution >= 4 is 28.6 Å². The van der Waals surface area contributed by atoms with Gasteiger partial charge in [0.05, 0.1) is 23.3 Å². The minimum absolute atomic E-state index is 0. The highest BCUT2D eigenvalue weighted by molar-refractivity contribution is 5.80. The molecule has 1 N–H and O–H groups in total. The van der Waals surface area contributed by atoms with E-state index in [1.807, 2.05) is 43.4 Å². The first kappa shape index (κ1) is 27.0. The zero-order valence-corrected chi connectivity index (χ0v) is 20.7. The number of fused-ring (bicyclic) bond motifs is 3. The molecule has 10 heteroatoms. The third-order valence-corrected chi connectivity index (χ3v) is 4.90. The van der Waals surface area contributed by atoms with Gasteiger partial charge in [-0.1, -0.05) is 20.3 Å². The standard InChI is InChI=1S/C22H29N5O5.C2H6.H2/c1-15-25-26-22-18(7-5-4-6-10-23-21(29)14-32-16(2)28)24-19-13-17(31-12-11-30-3)8-9-20(19)27(15)22;1-2;/h8-9,13H,4-7,10-12,14H2,1-3H3,(H,23,29);1-2H3;1H. The quantitative estimate of drug-likeness (QED) is 0.313. The van der Waals surface area contributed by atoms with Gasteiger partial charge in [0.25, 0.3) is 5.91 Å². The van der Waals surface area contributed by atoms with Crippen molar-refractivity contribution in [3.8, 4) is 5.75 Å². The van der Waals surface area contributed by atoms with Crippen LogP contribution in [0, 0.1) is 6.92 Å². The number of nitrogens with one attached hydrogen (secondary N) is 1. The monoisotopic (exact) mass is 475 g/mol. The molecule has 0 aliphatic carbocycles. The number of nitrogens with zero attached hydrogens (tertiary/aromatic N) is 4. The van der Waals surface area contributed by atoms with Crippen LogP contribution in [0.15, 0.2) is 18.2 Å². The maximum absolute atomic E-state index is 11.6. The van der Waals surface area contributed by atoms with Gasteiger partial charge in [-0.3, -0.25) is 14.0 Å². The van der Waals surface area contributed by atoms with E-state index >= 15 is 0 Å². The van der Waals surface area contributed by atoms with E-state index in [4.69, 9.17) is 14.5 Å². The van der Waals surface area contributed by atoms with Crippen molar-refractivity contribution in [2.24, 2.45) is 0 Å². The fourth-order valence-corrected chi connectivity index (χ4v) is 3.36. The van der Waals surface area contributed by atoms with Crippen molar-refractivity contribution in [3.63, 3.8) is 0 Å². The van der Waals surface area contributed by atoms with Crippen molar-refractivity contribution in [1.29, 1.82) is 0 Å². The molecule has 2 heterocycles. The number of hydrogen-bond acceptors (Lipinski definition) is 8. The number of hydrogen-bond donors (Lipinski definition) is 1. The number of amides is 1. The average Bonchev–Trinajstić information content (AvgIpc) is 3.23. The summed E-state index contributed by atoms with van der Waals surface area (Å²) in [6, 6.07) is 5.80. The van der Waals surface area contributed by atoms with Crippen molar-refractivity contribution in [1.82, 2.24) is 24.9 Å². The zero-order valence-electron chi connectivity index (χ0n) is 20.7. The Morgan fingerprint density at radius 1 is 1.12 bits per heavy atom. The molecule has 0 radical (unpaired) electrons. The molecule has 0 aliphatic rings. The highest BCUT2D eigenvalue weighted by Crippen LogP contribution is 2.24. The van der Waals surface area contributed by atoms with E-state index in [2.05, 4.69) is 20.3 Å². The van der Waals surface area contributed by atoms with Crippen LogP contribution >= 0.6 is 0 Å². The SMILES string of the molecule is CC.COCCOc1ccc2c(c1)nc(CCCCCNC(=O)COC(C)=O)c1nnc(C)n12.[HH]. The molecule has 3 aromatic rings. The van der Waals surface area contributed by atoms with Gasteiger partial charge in [-0.05, 0) is 38.3 Å². The van der Waals surface area contributed by atoms with Gasteiger partial charge in [0.2, 0.25) is 0 Å². The fourth-order valence-electron chi connectivity index (χ4n) is 3.36. The highest BCUT2D eigenvalue weighted by Gasteiger charge is 2.13. The number of methoxy groups -OCH3 is 1. The first-order chi connectivity index (χ1) is 16.5. The van der Waals surface area contributed by atoms with E-state index in [-0.39, 0.29) is 13.9 Å². The molecule has 1 aromatic carbocycles. The molecule has 0 aliphatic heterocycles. The Labute approximate surface area is 201 Å². The maximum Gasteiger partial charge on any atom is 0.303 e. The second-order valence-electron chi connectivity index (χ2n) is 7.40. The fraction of sp³-hybridized carbons (Fsp3) is 0.542. The predicted molar refractivity (Wildman–Crippen MR) is 131 cm³/mol. The van der Waals surface area contributed by atoms with E-state index in [9.17, 15) is 9.59 Å². The largest absolute Gasteiger partial charge is 0.491 e. The van der Waals surface area contributed by atoms with Crippen LogP contribution in [0.5, 0.6) is 5.75 Å². The maximum atomic E-state index is 11.6. The Morgan fingerprint density at radius 3 is 2.65 bits per heavy atom. The number of unbranched alkanes of at least 4 members (excludes halogenated alkanes) is 2. The molecule has 1 amide bonds. The lowest BCUT2D eigenvalue weighted by atomic mass is 10.1. The molecule has 0 atom stereocenters. The number of carbonyl (C=O) groups excluding carboxylic acids is 2. The lowest BCUT2D eigenvalue weighted by Gasteiger charge is -2.10. The minimum atomic E-state index is -0.466. The summed E-state index contributed by atoms with van der Waals surface area (Å²) < 4.78 is 17.4. The smallest absolute Gasteiger partial charge is 0.303 e. The molecule has 3 rings (SSSR count). The summed E-state index contributed by atoms with van der Waals surface area (Å²) in [7, 11) is 1.64. The molecule has 188 valence electrons. The van der Waals surface area contributed by atoms with Gasteiger partial charge >= 0.3 is 5.97 Å². The first-order valence-electron chi connectivity index (χ1n) is 11.7. The Hall–Kier alpha value is -3.27. The third kappa shape index (κ3) is 7.65. The van der Waals surface area contributed by atoms with Crippen molar-refractivity contribution in [2.45, 2.75) is 53.4 Å². The molecule has 0 spiro atoms. The molecule has 2 aromatic heterocycles. The van der Waals surface area contributed by atoms with Gasteiger partial charge in [0.1, 0.15) is 18.2 Å². The molecule has 0 saturated heterocycles. The third-order valence-electron chi connectivity index (χ3n) is 4.90. The summed E-state index contributed by atoms with van der Waals surface area (Å²) in [5.74, 6) is 0.784. The van der Waals surface area contributed by atoms with Crippen LogP contribution in [-0.4, -0.2) is 64.9 Å². The van der Waals surface area contributed by atoms with Crippen LogP contribution < -0.4 is 10.1 Å². The molecule has 0 saturated carbocycles. The molecular weight excluding hydrogens is 438 g/mol. The molecular formula is C24H37N5O5. The van der Waals surface area contributed by atoms with Crippen LogP contribution in [0.25, 0.3) is 16.7 Å². The van der Waals surface area contributed by atoms with Crippen molar-refractivity contribution in [3.05, 3.63) is 29.7 Å². The van der Waals surface area contributed by atoms with E-state index in [0.717, 1.165) is 59.6 Å². The van der Waals surface area contributed by atoms with E-state index in [1.165, 1.54) is 6.92 Å². The lowest BCUT2D eigenvalue weighted by Crippen LogP contribution is -2.29. The number of esters is 1. The van der Waals surface area contributed by atoms with E-state index in [0.29, 0.717) is 19.8 Å². The molecule has 0 fully saturated rings. The lowest BCUT2D eigenvalue weighted by molar-refractivity contribution is -0.146. The van der Waals surface area contributed by atoms with Crippen LogP contribution in [0.1, 0.15) is 53.0 Å². The highest BCUT2D eigenvalue weighted by atomic mass is 16.5. The van der Waals surface area contributed by atoms with Crippen LogP contribution in [-0.2, 0) is 25.5 Å². The molecule has 10 nitrogen and oxygen atoms in total. The first-order valence-corrected chi connectivity index (χ1v) is 11.7. The number of benzene rings is 1. The van der Waals surface area contributed by atoms with Crippen molar-refractivity contribution in [2.75, 3.05) is 33.5 Å². The number of ether oxygens (including phenoxy) is 3. The Balaban J connectivity index is 0.00000199. The van der Waals surface area contributed by atoms with Crippen LogP contribution in [0.3, 0.4) is 0 Å². The average molecular weight is 476 g/mol. The number of aryl methyl sites for hydroxylation is 2. The van der Waals surface area contributed by atoms with Crippen molar-refractivity contribution < 1.29 is 25.2 Å². The van der Waals surface area contributed by atoms with E-state index < -0.39 is 5.97 Å². The van der Waals surface area contributed by atoms with Gasteiger partial charge < -0.3 is 19.5 Å². The molecule has 0 bridgehead atoms. The summed E-state index contributed by atoms with van der Waals surface area (Å²) in [5.41, 5.74) is 3.40. The normalized spacial score (nSPS) is 10.6. The molecule has 34 heavy (non-hydrogen) atoms. The summed E-state index contributed by atoms with van der Waals surface area (Å²) >= 11 is 0. The Kier molecular flexibility index (Phi) is 11.2. The van der Waals surface area contributed by atoms with Gasteiger partial charge in [0, 0.05) is 28.1 Å². The summed E-state index contributed by atoms with van der Waals surface area (Å²) in [4.78, 5) is 27.1. The minimum Gasteiger partial charge on any atom is -0.491 e. The second kappa shape index (κ2) is 14.1. The summed E-state index contributed by atoms with van der Waals surface area (Å²) in [6.07, 6.45) is 3.36. The number of carbonyl (C=O) groups is 2. The summed E-state index contributed by atoms with van der Waals surface area (Å²) in [6.45, 7) is 8.48. The zero-order chi connectivity index (χ0) is 24.9. The van der Waals surface area contributed by atoms with E-state index in [1.54, 1.807) is 7.11 Å². The van der Waals surface area contributed by atoms with Gasteiger partial charge in [-0.25, -0.2) is 4.98 Å². The van der Waals surface area contributed by atoms with Gasteiger partial charge in [0.15, 0.2) is 12.3 Å².